The molecule has 0 spiro atoms. The van der Waals surface area contributed by atoms with Gasteiger partial charge in [-0.1, -0.05) is 43.6 Å². The summed E-state index contributed by atoms with van der Waals surface area (Å²) in [4.78, 5) is 15.5. The number of benzene rings is 2. The zero-order valence-corrected chi connectivity index (χ0v) is 16.4. The molecule has 2 aromatic carbocycles. The van der Waals surface area contributed by atoms with Crippen LogP contribution >= 0.6 is 11.6 Å². The molecule has 0 bridgehead atoms. The van der Waals surface area contributed by atoms with Crippen LogP contribution in [0.2, 0.25) is 5.02 Å². The van der Waals surface area contributed by atoms with Crippen molar-refractivity contribution >= 4 is 28.4 Å². The van der Waals surface area contributed by atoms with Gasteiger partial charge in [0.05, 0.1) is 7.11 Å². The van der Waals surface area contributed by atoms with E-state index in [2.05, 4.69) is 24.1 Å². The van der Waals surface area contributed by atoms with Crippen LogP contribution in [0.5, 0.6) is 11.5 Å². The number of para-hydroxylation sites is 2. The van der Waals surface area contributed by atoms with E-state index < -0.39 is 0 Å². The number of H-pyrrole nitrogens is 1. The van der Waals surface area contributed by atoms with Crippen molar-refractivity contribution < 1.29 is 14.3 Å². The molecule has 0 saturated heterocycles. The zero-order valence-electron chi connectivity index (χ0n) is 15.6. The van der Waals surface area contributed by atoms with E-state index in [1.807, 2.05) is 36.5 Å². The van der Waals surface area contributed by atoms with Crippen molar-refractivity contribution in [1.29, 1.82) is 0 Å². The Balaban J connectivity index is 1.61. The van der Waals surface area contributed by atoms with Gasteiger partial charge in [-0.15, -0.1) is 0 Å². The molecule has 0 saturated carbocycles. The van der Waals surface area contributed by atoms with Crippen molar-refractivity contribution in [3.05, 3.63) is 59.2 Å². The molecule has 27 heavy (non-hydrogen) atoms. The number of hydrogen-bond donors (Lipinski definition) is 2. The van der Waals surface area contributed by atoms with Crippen LogP contribution in [-0.2, 0) is 10.2 Å². The summed E-state index contributed by atoms with van der Waals surface area (Å²) in [7, 11) is 1.57. The Morgan fingerprint density at radius 1 is 1.19 bits per heavy atom. The van der Waals surface area contributed by atoms with E-state index >= 15 is 0 Å². The molecule has 1 aromatic heterocycles. The van der Waals surface area contributed by atoms with Crippen LogP contribution in [0.25, 0.3) is 10.9 Å². The van der Waals surface area contributed by atoms with Gasteiger partial charge in [0, 0.05) is 34.1 Å². The minimum Gasteiger partial charge on any atom is -0.493 e. The van der Waals surface area contributed by atoms with E-state index in [0.717, 1.165) is 16.5 Å². The van der Waals surface area contributed by atoms with Crippen LogP contribution in [0.15, 0.2) is 48.7 Å². The summed E-state index contributed by atoms with van der Waals surface area (Å²) in [6, 6.07) is 13.0. The van der Waals surface area contributed by atoms with Crippen LogP contribution < -0.4 is 14.8 Å². The lowest BCUT2D eigenvalue weighted by molar-refractivity contribution is -0.123. The summed E-state index contributed by atoms with van der Waals surface area (Å²) in [5.41, 5.74) is 1.85. The monoisotopic (exact) mass is 386 g/mol. The van der Waals surface area contributed by atoms with Crippen molar-refractivity contribution in [3.63, 3.8) is 0 Å². The van der Waals surface area contributed by atoms with Gasteiger partial charge in [-0.05, 0) is 29.8 Å². The van der Waals surface area contributed by atoms with Gasteiger partial charge in [-0.3, -0.25) is 4.79 Å². The topological polar surface area (TPSA) is 63.4 Å². The number of amides is 1. The average Bonchev–Trinajstić information content (AvgIpc) is 3.09. The highest BCUT2D eigenvalue weighted by Gasteiger charge is 2.25. The minimum atomic E-state index is -0.258. The van der Waals surface area contributed by atoms with Gasteiger partial charge in [0.1, 0.15) is 0 Å². The molecule has 0 fully saturated rings. The fourth-order valence-electron chi connectivity index (χ4n) is 3.01. The highest BCUT2D eigenvalue weighted by atomic mass is 35.5. The minimum absolute atomic E-state index is 0.0695. The van der Waals surface area contributed by atoms with Crippen LogP contribution in [0.1, 0.15) is 19.4 Å². The normalized spacial score (nSPS) is 11.4. The summed E-state index contributed by atoms with van der Waals surface area (Å²) in [5.74, 6) is 0.961. The van der Waals surface area contributed by atoms with Gasteiger partial charge in [0.25, 0.3) is 5.91 Å². The lowest BCUT2D eigenvalue weighted by Gasteiger charge is -2.25. The molecule has 0 atom stereocenters. The molecule has 5 nitrogen and oxygen atoms in total. The van der Waals surface area contributed by atoms with Gasteiger partial charge >= 0.3 is 0 Å². The van der Waals surface area contributed by atoms with E-state index in [-0.39, 0.29) is 17.9 Å². The number of carbonyl (C=O) groups excluding carboxylic acids is 1. The zero-order chi connectivity index (χ0) is 19.4. The third-order valence-corrected chi connectivity index (χ3v) is 4.76. The largest absolute Gasteiger partial charge is 0.493 e. The Morgan fingerprint density at radius 3 is 2.67 bits per heavy atom. The summed E-state index contributed by atoms with van der Waals surface area (Å²) in [6.07, 6.45) is 1.97. The van der Waals surface area contributed by atoms with Crippen LogP contribution in [0.3, 0.4) is 0 Å². The Bertz CT molecular complexity index is 950. The standard InChI is InChI=1S/C21H23ClN2O3/c1-21(2,16-11-23-17-10-14(22)8-9-15(16)17)13-24-20(25)12-27-19-7-5-4-6-18(19)26-3/h4-11,23H,12-13H2,1-3H3,(H,24,25). The Hall–Kier alpha value is -2.66. The summed E-state index contributed by atoms with van der Waals surface area (Å²) < 4.78 is 10.8. The molecule has 6 heteroatoms. The van der Waals surface area contributed by atoms with Gasteiger partial charge < -0.3 is 19.8 Å². The highest BCUT2D eigenvalue weighted by molar-refractivity contribution is 6.31. The number of nitrogens with one attached hydrogen (secondary N) is 2. The van der Waals surface area contributed by atoms with E-state index in [9.17, 15) is 4.79 Å². The van der Waals surface area contributed by atoms with Crippen LogP contribution in [0.4, 0.5) is 0 Å². The lowest BCUT2D eigenvalue weighted by Crippen LogP contribution is -2.38. The van der Waals surface area contributed by atoms with Gasteiger partial charge in [0.2, 0.25) is 0 Å². The maximum Gasteiger partial charge on any atom is 0.257 e. The second-order valence-corrected chi connectivity index (χ2v) is 7.43. The quantitative estimate of drug-likeness (QED) is 0.636. The van der Waals surface area contributed by atoms with E-state index in [4.69, 9.17) is 21.1 Å². The van der Waals surface area contributed by atoms with Gasteiger partial charge in [-0.2, -0.15) is 0 Å². The second kappa shape index (κ2) is 7.92. The first-order valence-electron chi connectivity index (χ1n) is 8.70. The molecule has 1 amide bonds. The molecule has 0 aliphatic rings. The molecule has 0 aliphatic heterocycles. The molecular formula is C21H23ClN2O3. The second-order valence-electron chi connectivity index (χ2n) is 6.99. The van der Waals surface area contributed by atoms with Crippen LogP contribution in [0, 0.1) is 0 Å². The maximum atomic E-state index is 12.2. The fraction of sp³-hybridized carbons (Fsp3) is 0.286. The first-order chi connectivity index (χ1) is 12.9. The molecule has 3 aromatic rings. The number of hydrogen-bond acceptors (Lipinski definition) is 3. The molecule has 0 radical (unpaired) electrons. The van der Waals surface area contributed by atoms with Crippen molar-refractivity contribution in [3.8, 4) is 11.5 Å². The van der Waals surface area contributed by atoms with Crippen molar-refractivity contribution in [1.82, 2.24) is 10.3 Å². The SMILES string of the molecule is COc1ccccc1OCC(=O)NCC(C)(C)c1c[nH]c2cc(Cl)ccc12. The van der Waals surface area contributed by atoms with E-state index in [1.165, 1.54) is 0 Å². The van der Waals surface area contributed by atoms with Gasteiger partial charge in [0.15, 0.2) is 18.1 Å². The number of ether oxygens (including phenoxy) is 2. The highest BCUT2D eigenvalue weighted by Crippen LogP contribution is 2.31. The number of aromatic amines is 1. The third kappa shape index (κ3) is 4.37. The Kier molecular flexibility index (Phi) is 5.61. The molecule has 3 rings (SSSR count). The first-order valence-corrected chi connectivity index (χ1v) is 9.08. The smallest absolute Gasteiger partial charge is 0.257 e. The van der Waals surface area contributed by atoms with E-state index in [1.54, 1.807) is 19.2 Å². The molecule has 2 N–H and O–H groups in total. The third-order valence-electron chi connectivity index (χ3n) is 4.53. The lowest BCUT2D eigenvalue weighted by atomic mass is 9.84. The maximum absolute atomic E-state index is 12.2. The van der Waals surface area contributed by atoms with E-state index in [0.29, 0.717) is 23.1 Å². The fourth-order valence-corrected chi connectivity index (χ4v) is 3.18. The summed E-state index contributed by atoms with van der Waals surface area (Å²) in [5, 5.41) is 4.74. The Labute approximate surface area is 163 Å². The molecule has 142 valence electrons. The number of halogens is 1. The number of carbonyl (C=O) groups is 1. The molecule has 1 heterocycles. The van der Waals surface area contributed by atoms with Gasteiger partial charge in [-0.25, -0.2) is 0 Å². The molecule has 0 unspecified atom stereocenters. The number of aromatic nitrogens is 1. The predicted octanol–water partition coefficient (Wildman–Crippen LogP) is 4.30. The summed E-state index contributed by atoms with van der Waals surface area (Å²) in [6.45, 7) is 4.59. The van der Waals surface area contributed by atoms with Crippen molar-refractivity contribution in [2.45, 2.75) is 19.3 Å². The molecular weight excluding hydrogens is 364 g/mol. The average molecular weight is 387 g/mol. The predicted molar refractivity (Wildman–Crippen MR) is 108 cm³/mol. The number of rotatable bonds is 7. The number of methoxy groups -OCH3 is 1. The Morgan fingerprint density at radius 2 is 1.93 bits per heavy atom. The number of fused-ring (bicyclic) bond motifs is 1. The van der Waals surface area contributed by atoms with Crippen LogP contribution in [-0.4, -0.2) is 31.2 Å². The first kappa shape index (κ1) is 19.1. The van der Waals surface area contributed by atoms with Crippen molar-refractivity contribution in [2.75, 3.05) is 20.3 Å². The molecule has 0 aliphatic carbocycles. The van der Waals surface area contributed by atoms with Crippen molar-refractivity contribution in [2.24, 2.45) is 0 Å². The summed E-state index contributed by atoms with van der Waals surface area (Å²) >= 11 is 6.05.